The molecular weight excluding hydrogens is 182 g/mol. The lowest BCUT2D eigenvalue weighted by Crippen LogP contribution is -2.24. The maximum atomic E-state index is 11.0. The molecule has 0 amide bonds. The Morgan fingerprint density at radius 1 is 1.79 bits per heavy atom. The van der Waals surface area contributed by atoms with Gasteiger partial charge < -0.3 is 15.4 Å². The van der Waals surface area contributed by atoms with Crippen molar-refractivity contribution in [2.75, 3.05) is 5.73 Å². The summed E-state index contributed by atoms with van der Waals surface area (Å²) in [5.41, 5.74) is 5.43. The van der Waals surface area contributed by atoms with Crippen LogP contribution in [0.1, 0.15) is 26.3 Å². The largest absolute Gasteiger partial charge is 0.480 e. The van der Waals surface area contributed by atoms with Crippen LogP contribution >= 0.6 is 0 Å². The van der Waals surface area contributed by atoms with Gasteiger partial charge in [-0.2, -0.15) is 0 Å². The van der Waals surface area contributed by atoms with E-state index in [1.807, 2.05) is 13.8 Å². The van der Waals surface area contributed by atoms with Crippen molar-refractivity contribution in [1.82, 2.24) is 9.55 Å². The number of rotatable bonds is 4. The summed E-state index contributed by atoms with van der Waals surface area (Å²) in [6, 6.07) is -0.579. The summed E-state index contributed by atoms with van der Waals surface area (Å²) in [5, 5.41) is 9.05. The number of hydrogen-bond donors (Lipinski definition) is 2. The third kappa shape index (κ3) is 2.04. The number of aliphatic carboxylic acids is 1. The minimum Gasteiger partial charge on any atom is -0.480 e. The van der Waals surface area contributed by atoms with Crippen LogP contribution in [-0.4, -0.2) is 20.6 Å². The van der Waals surface area contributed by atoms with Gasteiger partial charge in [0.1, 0.15) is 11.9 Å². The first-order chi connectivity index (χ1) is 6.56. The molecule has 1 rings (SSSR count). The minimum absolute atomic E-state index is 0.0566. The molecule has 0 saturated heterocycles. The van der Waals surface area contributed by atoms with Gasteiger partial charge in [0, 0.05) is 6.20 Å². The van der Waals surface area contributed by atoms with Gasteiger partial charge in [0.25, 0.3) is 0 Å². The van der Waals surface area contributed by atoms with Crippen molar-refractivity contribution in [3.63, 3.8) is 0 Å². The summed E-state index contributed by atoms with van der Waals surface area (Å²) in [7, 11) is 0. The van der Waals surface area contributed by atoms with E-state index in [0.29, 0.717) is 5.82 Å². The molecule has 0 radical (unpaired) electrons. The second kappa shape index (κ2) is 4.13. The van der Waals surface area contributed by atoms with E-state index >= 15 is 0 Å². The summed E-state index contributed by atoms with van der Waals surface area (Å²) in [5.74, 6) is -0.447. The van der Waals surface area contributed by atoms with Crippen LogP contribution in [0, 0.1) is 5.92 Å². The zero-order valence-electron chi connectivity index (χ0n) is 8.34. The number of nitrogens with two attached hydrogens (primary N) is 1. The molecule has 2 atom stereocenters. The molecule has 5 nitrogen and oxygen atoms in total. The van der Waals surface area contributed by atoms with Gasteiger partial charge in [0.15, 0.2) is 0 Å². The Morgan fingerprint density at radius 2 is 2.43 bits per heavy atom. The van der Waals surface area contributed by atoms with Crippen LogP contribution in [0.3, 0.4) is 0 Å². The van der Waals surface area contributed by atoms with E-state index in [-0.39, 0.29) is 5.92 Å². The van der Waals surface area contributed by atoms with Gasteiger partial charge in [-0.1, -0.05) is 20.3 Å². The maximum Gasteiger partial charge on any atom is 0.326 e. The topological polar surface area (TPSA) is 81.1 Å². The molecule has 0 aromatic carbocycles. The Morgan fingerprint density at radius 3 is 2.79 bits per heavy atom. The summed E-state index contributed by atoms with van der Waals surface area (Å²) in [6.07, 6.45) is 3.81. The van der Waals surface area contributed by atoms with E-state index in [9.17, 15) is 4.79 Å². The van der Waals surface area contributed by atoms with Gasteiger partial charge in [0.05, 0.1) is 6.33 Å². The van der Waals surface area contributed by atoms with Crippen LogP contribution in [0.4, 0.5) is 5.82 Å². The van der Waals surface area contributed by atoms with Crippen molar-refractivity contribution in [3.05, 3.63) is 12.5 Å². The lowest BCUT2D eigenvalue weighted by atomic mass is 9.99. The van der Waals surface area contributed by atoms with Gasteiger partial charge in [-0.3, -0.25) is 0 Å². The Balaban J connectivity index is 2.94. The summed E-state index contributed by atoms with van der Waals surface area (Å²) >= 11 is 0. The molecular formula is C9H15N3O2. The fourth-order valence-corrected chi connectivity index (χ4v) is 1.39. The monoisotopic (exact) mass is 197 g/mol. The first-order valence-electron chi connectivity index (χ1n) is 4.58. The second-order valence-corrected chi connectivity index (χ2v) is 3.41. The molecule has 0 spiro atoms. The van der Waals surface area contributed by atoms with Gasteiger partial charge in [-0.25, -0.2) is 9.78 Å². The predicted molar refractivity (Wildman–Crippen MR) is 52.8 cm³/mol. The molecule has 0 bridgehead atoms. The van der Waals surface area contributed by atoms with Gasteiger partial charge in [-0.05, 0) is 5.92 Å². The molecule has 1 heterocycles. The highest BCUT2D eigenvalue weighted by Gasteiger charge is 2.24. The van der Waals surface area contributed by atoms with Crippen LogP contribution in [0.25, 0.3) is 0 Å². The fourth-order valence-electron chi connectivity index (χ4n) is 1.39. The van der Waals surface area contributed by atoms with Crippen molar-refractivity contribution in [2.24, 2.45) is 5.92 Å². The van der Waals surface area contributed by atoms with Crippen LogP contribution in [-0.2, 0) is 4.79 Å². The first kappa shape index (κ1) is 10.6. The van der Waals surface area contributed by atoms with E-state index in [4.69, 9.17) is 10.8 Å². The Hall–Kier alpha value is -1.52. The number of carbonyl (C=O) groups is 1. The zero-order valence-corrected chi connectivity index (χ0v) is 8.34. The number of carboxylic acid groups (broad SMARTS) is 1. The predicted octanol–water partition coefficient (Wildman–Crippen LogP) is 1.14. The maximum absolute atomic E-state index is 11.0. The van der Waals surface area contributed by atoms with E-state index in [1.54, 1.807) is 10.8 Å². The van der Waals surface area contributed by atoms with Crippen molar-refractivity contribution in [1.29, 1.82) is 0 Å². The zero-order chi connectivity index (χ0) is 10.7. The van der Waals surface area contributed by atoms with Crippen molar-refractivity contribution in [2.45, 2.75) is 26.3 Å². The summed E-state index contributed by atoms with van der Waals surface area (Å²) < 4.78 is 1.55. The molecule has 0 unspecified atom stereocenters. The highest BCUT2D eigenvalue weighted by atomic mass is 16.4. The number of nitrogen functional groups attached to an aromatic ring is 1. The molecule has 78 valence electrons. The Bertz CT molecular complexity index is 322. The molecule has 1 aromatic heterocycles. The molecule has 0 saturated carbocycles. The molecule has 1 aromatic rings. The van der Waals surface area contributed by atoms with Gasteiger partial charge in [0.2, 0.25) is 0 Å². The quantitative estimate of drug-likeness (QED) is 0.758. The Kier molecular flexibility index (Phi) is 3.11. The molecule has 0 aliphatic carbocycles. The summed E-state index contributed by atoms with van der Waals surface area (Å²) in [6.45, 7) is 3.86. The SMILES string of the molecule is CC[C@H](C)[C@@H](C(=O)O)n1cnc(N)c1. The van der Waals surface area contributed by atoms with E-state index in [1.165, 1.54) is 6.33 Å². The second-order valence-electron chi connectivity index (χ2n) is 3.41. The number of hydrogen-bond acceptors (Lipinski definition) is 3. The average molecular weight is 197 g/mol. The molecule has 0 aliphatic heterocycles. The molecule has 0 fully saturated rings. The third-order valence-electron chi connectivity index (χ3n) is 2.38. The van der Waals surface area contributed by atoms with Crippen molar-refractivity contribution >= 4 is 11.8 Å². The van der Waals surface area contributed by atoms with E-state index in [2.05, 4.69) is 4.98 Å². The van der Waals surface area contributed by atoms with Crippen LogP contribution in [0.2, 0.25) is 0 Å². The Labute approximate surface area is 82.6 Å². The number of anilines is 1. The summed E-state index contributed by atoms with van der Waals surface area (Å²) in [4.78, 5) is 14.8. The smallest absolute Gasteiger partial charge is 0.326 e. The highest BCUT2D eigenvalue weighted by Crippen LogP contribution is 2.21. The minimum atomic E-state index is -0.850. The van der Waals surface area contributed by atoms with Crippen LogP contribution in [0.15, 0.2) is 12.5 Å². The number of imidazole rings is 1. The molecule has 14 heavy (non-hydrogen) atoms. The molecule has 5 heteroatoms. The lowest BCUT2D eigenvalue weighted by Gasteiger charge is -2.19. The number of carboxylic acids is 1. The lowest BCUT2D eigenvalue weighted by molar-refractivity contribution is -0.142. The standard InChI is InChI=1S/C9H15N3O2/c1-3-6(2)8(9(13)14)12-4-7(10)11-5-12/h4-6,8H,3,10H2,1-2H3,(H,13,14)/t6-,8-/m0/s1. The number of nitrogens with zero attached hydrogens (tertiary/aromatic N) is 2. The van der Waals surface area contributed by atoms with Crippen LogP contribution < -0.4 is 5.73 Å². The third-order valence-corrected chi connectivity index (χ3v) is 2.38. The van der Waals surface area contributed by atoms with Crippen molar-refractivity contribution < 1.29 is 9.90 Å². The van der Waals surface area contributed by atoms with Crippen LogP contribution in [0.5, 0.6) is 0 Å². The average Bonchev–Trinajstić information content (AvgIpc) is 2.51. The first-order valence-corrected chi connectivity index (χ1v) is 4.58. The molecule has 0 aliphatic rings. The van der Waals surface area contributed by atoms with E-state index < -0.39 is 12.0 Å². The van der Waals surface area contributed by atoms with Crippen molar-refractivity contribution in [3.8, 4) is 0 Å². The van der Waals surface area contributed by atoms with E-state index in [0.717, 1.165) is 6.42 Å². The number of aromatic nitrogens is 2. The van der Waals surface area contributed by atoms with Gasteiger partial charge >= 0.3 is 5.97 Å². The highest BCUT2D eigenvalue weighted by molar-refractivity contribution is 5.72. The fraction of sp³-hybridized carbons (Fsp3) is 0.556. The van der Waals surface area contributed by atoms with Gasteiger partial charge in [-0.15, -0.1) is 0 Å². The normalized spacial score (nSPS) is 15.0. The molecule has 3 N–H and O–H groups in total.